The molecule has 0 atom stereocenters. The summed E-state index contributed by atoms with van der Waals surface area (Å²) in [6.07, 6.45) is 4.86. The van der Waals surface area contributed by atoms with Gasteiger partial charge in [0.1, 0.15) is 5.78 Å². The lowest BCUT2D eigenvalue weighted by atomic mass is 9.61. The molecular weight excluding hydrogens is 264 g/mol. The molecule has 20 heavy (non-hydrogen) atoms. The fourth-order valence-electron chi connectivity index (χ4n) is 3.05. The average Bonchev–Trinajstić information content (AvgIpc) is 2.86. The van der Waals surface area contributed by atoms with E-state index in [2.05, 4.69) is 31.2 Å². The van der Waals surface area contributed by atoms with Crippen LogP contribution >= 0.6 is 11.3 Å². The van der Waals surface area contributed by atoms with E-state index in [1.807, 2.05) is 18.2 Å². The number of carbonyl (C=O) groups is 1. The van der Waals surface area contributed by atoms with Gasteiger partial charge in [-0.1, -0.05) is 43.7 Å². The van der Waals surface area contributed by atoms with Gasteiger partial charge in [0.25, 0.3) is 0 Å². The van der Waals surface area contributed by atoms with Gasteiger partial charge in [0, 0.05) is 16.2 Å². The predicted octanol–water partition coefficient (Wildman–Crippen LogP) is 4.54. The van der Waals surface area contributed by atoms with E-state index in [1.165, 1.54) is 21.7 Å². The molecule has 1 aromatic heterocycles. The van der Waals surface area contributed by atoms with Crippen LogP contribution in [0.15, 0.2) is 42.5 Å². The van der Waals surface area contributed by atoms with Crippen molar-refractivity contribution < 1.29 is 4.79 Å². The number of hydrogen-bond acceptors (Lipinski definition) is 2. The molecule has 0 spiro atoms. The summed E-state index contributed by atoms with van der Waals surface area (Å²) in [6.45, 7) is 2.16. The normalized spacial score (nSPS) is 16.6. The predicted molar refractivity (Wildman–Crippen MR) is 84.4 cm³/mol. The van der Waals surface area contributed by atoms with Crippen LogP contribution in [0.1, 0.15) is 41.5 Å². The van der Waals surface area contributed by atoms with Crippen LogP contribution in [0.5, 0.6) is 0 Å². The van der Waals surface area contributed by atoms with Gasteiger partial charge in [0.15, 0.2) is 0 Å². The van der Waals surface area contributed by atoms with Crippen LogP contribution in [0.4, 0.5) is 0 Å². The third-order valence-electron chi connectivity index (χ3n) is 4.47. The topological polar surface area (TPSA) is 17.1 Å². The summed E-state index contributed by atoms with van der Waals surface area (Å²) in [5.74, 6) is 0.402. The molecule has 1 aliphatic carbocycles. The van der Waals surface area contributed by atoms with Crippen LogP contribution in [0.3, 0.4) is 0 Å². The van der Waals surface area contributed by atoms with Crippen molar-refractivity contribution in [1.82, 2.24) is 0 Å². The maximum atomic E-state index is 12.8. The van der Waals surface area contributed by atoms with Gasteiger partial charge in [-0.3, -0.25) is 4.79 Å². The van der Waals surface area contributed by atoms with E-state index in [-0.39, 0.29) is 5.41 Å². The molecule has 2 aromatic rings. The van der Waals surface area contributed by atoms with Crippen LogP contribution in [-0.2, 0) is 23.1 Å². The molecule has 0 bridgehead atoms. The monoisotopic (exact) mass is 284 g/mol. The molecule has 104 valence electrons. The molecule has 2 heteroatoms. The second-order valence-electron chi connectivity index (χ2n) is 5.62. The molecule has 0 amide bonds. The van der Waals surface area contributed by atoms with E-state index in [0.29, 0.717) is 12.2 Å². The van der Waals surface area contributed by atoms with E-state index in [4.69, 9.17) is 0 Å². The van der Waals surface area contributed by atoms with E-state index in [0.717, 1.165) is 19.3 Å². The quantitative estimate of drug-likeness (QED) is 0.787. The minimum atomic E-state index is -0.197. The van der Waals surface area contributed by atoms with E-state index in [9.17, 15) is 4.79 Å². The lowest BCUT2D eigenvalue weighted by molar-refractivity contribution is -0.126. The molecule has 1 aromatic carbocycles. The highest BCUT2D eigenvalue weighted by Crippen LogP contribution is 2.45. The SMILES string of the molecule is CCc1ccc(CC(=O)C2(c3ccccc3)CCC2)s1. The van der Waals surface area contributed by atoms with Crippen LogP contribution < -0.4 is 0 Å². The van der Waals surface area contributed by atoms with Crippen LogP contribution in [0, 0.1) is 0 Å². The minimum absolute atomic E-state index is 0.197. The summed E-state index contributed by atoms with van der Waals surface area (Å²) < 4.78 is 0. The van der Waals surface area contributed by atoms with E-state index < -0.39 is 0 Å². The third-order valence-corrected chi connectivity index (χ3v) is 5.70. The first kappa shape index (κ1) is 13.6. The van der Waals surface area contributed by atoms with Gasteiger partial charge in [-0.2, -0.15) is 0 Å². The molecule has 1 saturated carbocycles. The first-order chi connectivity index (χ1) is 9.74. The van der Waals surface area contributed by atoms with Gasteiger partial charge in [0.05, 0.1) is 5.41 Å². The number of Topliss-reactive ketones (excluding diaryl/α,β-unsaturated/α-hetero) is 1. The first-order valence-electron chi connectivity index (χ1n) is 7.41. The second-order valence-corrected chi connectivity index (χ2v) is 6.88. The van der Waals surface area contributed by atoms with Gasteiger partial charge in [-0.05, 0) is 37.0 Å². The molecule has 0 radical (unpaired) electrons. The smallest absolute Gasteiger partial charge is 0.148 e. The fraction of sp³-hybridized carbons (Fsp3) is 0.389. The molecular formula is C18H20OS. The number of rotatable bonds is 5. The largest absolute Gasteiger partial charge is 0.298 e. The van der Waals surface area contributed by atoms with Gasteiger partial charge in [-0.15, -0.1) is 11.3 Å². The minimum Gasteiger partial charge on any atom is -0.298 e. The molecule has 0 N–H and O–H groups in total. The Bertz CT molecular complexity index is 593. The summed E-state index contributed by atoms with van der Waals surface area (Å²) in [4.78, 5) is 15.4. The lowest BCUT2D eigenvalue weighted by Gasteiger charge is -2.41. The fourth-order valence-corrected chi connectivity index (χ4v) is 4.01. The van der Waals surface area contributed by atoms with Gasteiger partial charge >= 0.3 is 0 Å². The highest BCUT2D eigenvalue weighted by atomic mass is 32.1. The van der Waals surface area contributed by atoms with Gasteiger partial charge in [-0.25, -0.2) is 0 Å². The maximum Gasteiger partial charge on any atom is 0.148 e. The van der Waals surface area contributed by atoms with Gasteiger partial charge < -0.3 is 0 Å². The summed E-state index contributed by atoms with van der Waals surface area (Å²) in [6, 6.07) is 14.6. The second kappa shape index (κ2) is 5.53. The van der Waals surface area contributed by atoms with Crippen molar-refractivity contribution in [3.8, 4) is 0 Å². The van der Waals surface area contributed by atoms with E-state index >= 15 is 0 Å². The Labute approximate surface area is 124 Å². The Hall–Kier alpha value is -1.41. The van der Waals surface area contributed by atoms with Crippen molar-refractivity contribution in [3.05, 3.63) is 57.8 Å². The maximum absolute atomic E-state index is 12.8. The Morgan fingerprint density at radius 1 is 1.10 bits per heavy atom. The lowest BCUT2D eigenvalue weighted by Crippen LogP contribution is -2.43. The number of aryl methyl sites for hydroxylation is 1. The zero-order valence-corrected chi connectivity index (χ0v) is 12.7. The number of ketones is 1. The molecule has 0 saturated heterocycles. The van der Waals surface area contributed by atoms with Crippen molar-refractivity contribution >= 4 is 17.1 Å². The Kier molecular flexibility index (Phi) is 3.75. The molecule has 0 unspecified atom stereocenters. The number of carbonyl (C=O) groups excluding carboxylic acids is 1. The van der Waals surface area contributed by atoms with Crippen molar-refractivity contribution in [2.24, 2.45) is 0 Å². The Morgan fingerprint density at radius 3 is 2.35 bits per heavy atom. The summed E-state index contributed by atoms with van der Waals surface area (Å²) in [5, 5.41) is 0. The molecule has 1 heterocycles. The highest BCUT2D eigenvalue weighted by molar-refractivity contribution is 7.12. The Morgan fingerprint density at radius 2 is 1.80 bits per heavy atom. The third kappa shape index (κ3) is 2.33. The molecule has 3 rings (SSSR count). The summed E-state index contributed by atoms with van der Waals surface area (Å²) in [7, 11) is 0. The highest BCUT2D eigenvalue weighted by Gasteiger charge is 2.44. The molecule has 1 aliphatic rings. The van der Waals surface area contributed by atoms with Crippen molar-refractivity contribution in [2.45, 2.75) is 44.4 Å². The molecule has 1 fully saturated rings. The summed E-state index contributed by atoms with van der Waals surface area (Å²) in [5.41, 5.74) is 1.01. The van der Waals surface area contributed by atoms with Crippen molar-refractivity contribution in [2.75, 3.05) is 0 Å². The average molecular weight is 284 g/mol. The number of thiophene rings is 1. The summed E-state index contributed by atoms with van der Waals surface area (Å²) >= 11 is 1.79. The number of hydrogen-bond donors (Lipinski definition) is 0. The van der Waals surface area contributed by atoms with Crippen LogP contribution in [0.25, 0.3) is 0 Å². The van der Waals surface area contributed by atoms with Gasteiger partial charge in [0.2, 0.25) is 0 Å². The standard InChI is InChI=1S/C18H20OS/c1-2-15-9-10-16(20-15)13-17(19)18(11-6-12-18)14-7-4-3-5-8-14/h3-5,7-10H,2,6,11-13H2,1H3. The molecule has 1 nitrogen and oxygen atoms in total. The number of benzene rings is 1. The van der Waals surface area contributed by atoms with Crippen LogP contribution in [-0.4, -0.2) is 5.78 Å². The van der Waals surface area contributed by atoms with Crippen molar-refractivity contribution in [1.29, 1.82) is 0 Å². The van der Waals surface area contributed by atoms with E-state index in [1.54, 1.807) is 11.3 Å². The van der Waals surface area contributed by atoms with Crippen LogP contribution in [0.2, 0.25) is 0 Å². The zero-order valence-electron chi connectivity index (χ0n) is 11.9. The first-order valence-corrected chi connectivity index (χ1v) is 8.23. The van der Waals surface area contributed by atoms with Crippen molar-refractivity contribution in [3.63, 3.8) is 0 Å². The molecule has 0 aliphatic heterocycles. The Balaban J connectivity index is 1.81. The zero-order chi connectivity index (χ0) is 14.0.